The lowest BCUT2D eigenvalue weighted by molar-refractivity contribution is -0.159. The molecule has 0 aromatic carbocycles. The van der Waals surface area contributed by atoms with Crippen LogP contribution < -0.4 is 5.32 Å². The molecular weight excluding hydrogens is 289 g/mol. The number of rotatable bonds is 3. The van der Waals surface area contributed by atoms with Gasteiger partial charge in [0.05, 0.1) is 11.9 Å². The van der Waals surface area contributed by atoms with Crippen LogP contribution in [0, 0.1) is 6.92 Å². The monoisotopic (exact) mass is 300 g/mol. The van der Waals surface area contributed by atoms with Crippen LogP contribution in [0.3, 0.4) is 0 Å². The predicted octanol–water partition coefficient (Wildman–Crippen LogP) is 2.69. The number of nitrogens with one attached hydrogen (secondary N) is 1. The van der Waals surface area contributed by atoms with Crippen LogP contribution in [0.5, 0.6) is 0 Å². The molecule has 2 heterocycles. The minimum Gasteiger partial charge on any atom is -0.440 e. The van der Waals surface area contributed by atoms with Crippen LogP contribution in [0.4, 0.5) is 23.7 Å². The van der Waals surface area contributed by atoms with Gasteiger partial charge in [-0.2, -0.15) is 13.2 Å². The Morgan fingerprint density at radius 2 is 2.14 bits per heavy atom. The quantitative estimate of drug-likeness (QED) is 0.946. The van der Waals surface area contributed by atoms with E-state index >= 15 is 0 Å². The summed E-state index contributed by atoms with van der Waals surface area (Å²) in [6, 6.07) is 3.09. The molecule has 0 bridgehead atoms. The second-order valence-electron chi connectivity index (χ2n) is 4.07. The summed E-state index contributed by atoms with van der Waals surface area (Å²) in [5, 5.41) is 2.15. The lowest BCUT2D eigenvalue weighted by Gasteiger charge is -2.09. The highest BCUT2D eigenvalue weighted by molar-refractivity contribution is 5.84. The van der Waals surface area contributed by atoms with Gasteiger partial charge in [0.25, 0.3) is 0 Å². The van der Waals surface area contributed by atoms with Crippen molar-refractivity contribution in [3.8, 4) is 5.82 Å². The van der Waals surface area contributed by atoms with Gasteiger partial charge in [0.15, 0.2) is 6.61 Å². The molecule has 0 radical (unpaired) electrons. The van der Waals surface area contributed by atoms with Crippen molar-refractivity contribution in [3.63, 3.8) is 0 Å². The molecule has 2 rings (SSSR count). The number of imidazole rings is 1. The van der Waals surface area contributed by atoms with Gasteiger partial charge in [-0.25, -0.2) is 14.8 Å². The number of halogens is 3. The zero-order valence-corrected chi connectivity index (χ0v) is 10.9. The van der Waals surface area contributed by atoms with Crippen LogP contribution in [-0.4, -0.2) is 33.4 Å². The maximum atomic E-state index is 11.9. The summed E-state index contributed by atoms with van der Waals surface area (Å²) >= 11 is 0. The summed E-state index contributed by atoms with van der Waals surface area (Å²) in [5.41, 5.74) is 0.226. The molecule has 112 valence electrons. The summed E-state index contributed by atoms with van der Waals surface area (Å²) in [4.78, 5) is 19.3. The molecular formula is C12H11F3N4O2. The number of pyridine rings is 1. The molecule has 9 heteroatoms. The van der Waals surface area contributed by atoms with Crippen LogP contribution in [0.25, 0.3) is 5.82 Å². The van der Waals surface area contributed by atoms with E-state index in [1.54, 1.807) is 30.0 Å². The van der Waals surface area contributed by atoms with Crippen molar-refractivity contribution in [2.24, 2.45) is 0 Å². The Kier molecular flexibility index (Phi) is 4.10. The van der Waals surface area contributed by atoms with E-state index in [0.717, 1.165) is 5.82 Å². The highest BCUT2D eigenvalue weighted by Gasteiger charge is 2.29. The van der Waals surface area contributed by atoms with E-state index in [-0.39, 0.29) is 5.69 Å². The summed E-state index contributed by atoms with van der Waals surface area (Å²) in [6.07, 6.45) is -1.12. The molecule has 1 amide bonds. The zero-order chi connectivity index (χ0) is 15.5. The third-order valence-corrected chi connectivity index (χ3v) is 2.43. The number of carbonyl (C=O) groups is 1. The number of amides is 1. The molecule has 0 aliphatic rings. The number of ether oxygens (including phenoxy) is 1. The zero-order valence-electron chi connectivity index (χ0n) is 10.9. The molecule has 0 fully saturated rings. The van der Waals surface area contributed by atoms with E-state index < -0.39 is 18.9 Å². The van der Waals surface area contributed by atoms with Crippen molar-refractivity contribution in [2.45, 2.75) is 13.1 Å². The molecule has 21 heavy (non-hydrogen) atoms. The lowest BCUT2D eigenvalue weighted by Crippen LogP contribution is -2.23. The first-order chi connectivity index (χ1) is 9.85. The first kappa shape index (κ1) is 14.8. The maximum Gasteiger partial charge on any atom is 0.422 e. The van der Waals surface area contributed by atoms with Gasteiger partial charge in [0, 0.05) is 12.4 Å². The van der Waals surface area contributed by atoms with Gasteiger partial charge < -0.3 is 4.74 Å². The first-order valence-corrected chi connectivity index (χ1v) is 5.82. The van der Waals surface area contributed by atoms with Crippen molar-refractivity contribution < 1.29 is 22.7 Å². The van der Waals surface area contributed by atoms with Gasteiger partial charge in [0.2, 0.25) is 0 Å². The van der Waals surface area contributed by atoms with Gasteiger partial charge in [-0.3, -0.25) is 9.88 Å². The van der Waals surface area contributed by atoms with E-state index in [4.69, 9.17) is 0 Å². The second kappa shape index (κ2) is 5.81. The molecule has 0 saturated carbocycles. The van der Waals surface area contributed by atoms with Crippen LogP contribution >= 0.6 is 0 Å². The van der Waals surface area contributed by atoms with Gasteiger partial charge in [-0.1, -0.05) is 0 Å². The molecule has 0 spiro atoms. The molecule has 2 aromatic rings. The average Bonchev–Trinajstić information content (AvgIpc) is 2.83. The van der Waals surface area contributed by atoms with E-state index in [1.165, 1.54) is 12.3 Å². The summed E-state index contributed by atoms with van der Waals surface area (Å²) < 4.78 is 41.4. The Morgan fingerprint density at radius 1 is 1.38 bits per heavy atom. The topological polar surface area (TPSA) is 69.0 Å². The van der Waals surface area contributed by atoms with E-state index in [2.05, 4.69) is 20.0 Å². The normalized spacial score (nSPS) is 11.2. The molecule has 2 aromatic heterocycles. The molecule has 1 N–H and O–H groups in total. The molecule has 0 aliphatic carbocycles. The fraction of sp³-hybridized carbons (Fsp3) is 0.250. The summed E-state index contributed by atoms with van der Waals surface area (Å²) in [5.74, 6) is 1.30. The molecule has 0 atom stereocenters. The molecule has 0 aliphatic heterocycles. The number of aromatic nitrogens is 3. The summed E-state index contributed by atoms with van der Waals surface area (Å²) in [7, 11) is 0. The second-order valence-corrected chi connectivity index (χ2v) is 4.07. The lowest BCUT2D eigenvalue weighted by atomic mass is 10.4. The Hall–Kier alpha value is -2.58. The third-order valence-electron chi connectivity index (χ3n) is 2.43. The van der Waals surface area contributed by atoms with E-state index in [1.807, 2.05) is 0 Å². The highest BCUT2D eigenvalue weighted by Crippen LogP contribution is 2.15. The van der Waals surface area contributed by atoms with Gasteiger partial charge in [-0.15, -0.1) is 0 Å². The maximum absolute atomic E-state index is 11.9. The van der Waals surface area contributed by atoms with Crippen molar-refractivity contribution in [1.29, 1.82) is 0 Å². The number of carbonyl (C=O) groups excluding carboxylic acids is 1. The Labute approximate surface area is 117 Å². The largest absolute Gasteiger partial charge is 0.440 e. The number of hydrogen-bond acceptors (Lipinski definition) is 4. The minimum atomic E-state index is -4.56. The minimum absolute atomic E-state index is 0.226. The van der Waals surface area contributed by atoms with Crippen LogP contribution in [0.2, 0.25) is 0 Å². The Balaban J connectivity index is 1.97. The third kappa shape index (κ3) is 4.20. The van der Waals surface area contributed by atoms with Gasteiger partial charge in [0.1, 0.15) is 11.6 Å². The molecule has 0 unspecified atom stereocenters. The molecule has 6 nitrogen and oxygen atoms in total. The predicted molar refractivity (Wildman–Crippen MR) is 67.1 cm³/mol. The van der Waals surface area contributed by atoms with E-state index in [9.17, 15) is 18.0 Å². The first-order valence-electron chi connectivity index (χ1n) is 5.82. The standard InChI is InChI=1S/C12H11F3N4O2/c1-8-16-4-5-19(8)10-3-2-9(6-17-10)18-11(20)21-7-12(13,14)15/h2-6H,7H2,1H3,(H,18,20). The van der Waals surface area contributed by atoms with Gasteiger partial charge >= 0.3 is 12.3 Å². The highest BCUT2D eigenvalue weighted by atomic mass is 19.4. The van der Waals surface area contributed by atoms with Crippen molar-refractivity contribution in [2.75, 3.05) is 11.9 Å². The van der Waals surface area contributed by atoms with E-state index in [0.29, 0.717) is 5.82 Å². The fourth-order valence-corrected chi connectivity index (χ4v) is 1.52. The van der Waals surface area contributed by atoms with Crippen LogP contribution in [0.15, 0.2) is 30.7 Å². The Morgan fingerprint density at radius 3 is 2.67 bits per heavy atom. The number of anilines is 1. The fourth-order valence-electron chi connectivity index (χ4n) is 1.52. The molecule has 0 saturated heterocycles. The van der Waals surface area contributed by atoms with Crippen LogP contribution in [0.1, 0.15) is 5.82 Å². The average molecular weight is 300 g/mol. The van der Waals surface area contributed by atoms with Crippen molar-refractivity contribution in [3.05, 3.63) is 36.5 Å². The SMILES string of the molecule is Cc1nccn1-c1ccc(NC(=O)OCC(F)(F)F)cn1. The number of nitrogens with zero attached hydrogens (tertiary/aromatic N) is 3. The summed E-state index contributed by atoms with van der Waals surface area (Å²) in [6.45, 7) is 0.154. The van der Waals surface area contributed by atoms with Gasteiger partial charge in [-0.05, 0) is 19.1 Å². The smallest absolute Gasteiger partial charge is 0.422 e. The number of alkyl halides is 3. The Bertz CT molecular complexity index is 622. The number of aryl methyl sites for hydroxylation is 1. The van der Waals surface area contributed by atoms with Crippen molar-refractivity contribution in [1.82, 2.24) is 14.5 Å². The number of hydrogen-bond donors (Lipinski definition) is 1. The van der Waals surface area contributed by atoms with Crippen molar-refractivity contribution >= 4 is 11.8 Å². The van der Waals surface area contributed by atoms with Crippen LogP contribution in [-0.2, 0) is 4.74 Å².